The number of ether oxygens (including phenoxy) is 1. The van der Waals surface area contributed by atoms with Crippen LogP contribution < -0.4 is 5.32 Å². The van der Waals surface area contributed by atoms with Crippen molar-refractivity contribution in [1.29, 1.82) is 0 Å². The van der Waals surface area contributed by atoms with Crippen molar-refractivity contribution >= 4 is 5.97 Å². The Kier molecular flexibility index (Phi) is 5.92. The SMILES string of the molecule is CCCC(CCC)(NC1CCOCC1)C(=O)O. The van der Waals surface area contributed by atoms with Crippen LogP contribution in [0.15, 0.2) is 0 Å². The van der Waals surface area contributed by atoms with Crippen LogP contribution >= 0.6 is 0 Å². The Balaban J connectivity index is 2.68. The zero-order valence-corrected chi connectivity index (χ0v) is 11.0. The van der Waals surface area contributed by atoms with Crippen molar-refractivity contribution in [2.45, 2.75) is 64.0 Å². The van der Waals surface area contributed by atoms with E-state index in [9.17, 15) is 9.90 Å². The Labute approximate surface area is 104 Å². The summed E-state index contributed by atoms with van der Waals surface area (Å²) in [6, 6.07) is 0.290. The Bertz CT molecular complexity index is 231. The van der Waals surface area contributed by atoms with E-state index in [1.165, 1.54) is 0 Å². The fourth-order valence-corrected chi connectivity index (χ4v) is 2.63. The van der Waals surface area contributed by atoms with Crippen LogP contribution in [0.3, 0.4) is 0 Å². The van der Waals surface area contributed by atoms with Crippen molar-refractivity contribution in [2.24, 2.45) is 0 Å². The van der Waals surface area contributed by atoms with E-state index >= 15 is 0 Å². The van der Waals surface area contributed by atoms with E-state index in [0.29, 0.717) is 12.8 Å². The highest BCUT2D eigenvalue weighted by atomic mass is 16.5. The number of hydrogen-bond donors (Lipinski definition) is 2. The standard InChI is InChI=1S/C13H25NO3/c1-3-7-13(8-4-2,12(15)16)14-11-5-9-17-10-6-11/h11,14H,3-10H2,1-2H3,(H,15,16). The molecule has 0 aromatic heterocycles. The monoisotopic (exact) mass is 243 g/mol. The van der Waals surface area contributed by atoms with E-state index in [4.69, 9.17) is 4.74 Å². The molecule has 0 unspecified atom stereocenters. The molecular formula is C13H25NO3. The number of carboxylic acids is 1. The van der Waals surface area contributed by atoms with E-state index in [-0.39, 0.29) is 6.04 Å². The molecule has 1 aliphatic heterocycles. The predicted molar refractivity (Wildman–Crippen MR) is 67.2 cm³/mol. The highest BCUT2D eigenvalue weighted by molar-refractivity contribution is 5.78. The number of carbonyl (C=O) groups is 1. The van der Waals surface area contributed by atoms with Crippen LogP contribution in [0.5, 0.6) is 0 Å². The van der Waals surface area contributed by atoms with Gasteiger partial charge < -0.3 is 9.84 Å². The van der Waals surface area contributed by atoms with E-state index < -0.39 is 11.5 Å². The van der Waals surface area contributed by atoms with Crippen LogP contribution in [0.4, 0.5) is 0 Å². The third kappa shape index (κ3) is 3.96. The number of hydrogen-bond acceptors (Lipinski definition) is 3. The van der Waals surface area contributed by atoms with E-state index in [1.807, 2.05) is 13.8 Å². The van der Waals surface area contributed by atoms with Gasteiger partial charge in [0.05, 0.1) is 0 Å². The minimum absolute atomic E-state index is 0.290. The Morgan fingerprint density at radius 3 is 2.24 bits per heavy atom. The molecular weight excluding hydrogens is 218 g/mol. The summed E-state index contributed by atoms with van der Waals surface area (Å²) in [6.45, 7) is 5.56. The molecule has 1 heterocycles. The first kappa shape index (κ1) is 14.5. The van der Waals surface area contributed by atoms with Gasteiger partial charge in [0.25, 0.3) is 0 Å². The van der Waals surface area contributed by atoms with Crippen molar-refractivity contribution in [3.05, 3.63) is 0 Å². The first-order valence-electron chi connectivity index (χ1n) is 6.73. The highest BCUT2D eigenvalue weighted by Gasteiger charge is 2.38. The number of carboxylic acid groups (broad SMARTS) is 1. The number of rotatable bonds is 7. The summed E-state index contributed by atoms with van der Waals surface area (Å²) >= 11 is 0. The molecule has 1 fully saturated rings. The van der Waals surface area contributed by atoms with Gasteiger partial charge in [-0.3, -0.25) is 10.1 Å². The van der Waals surface area contributed by atoms with Gasteiger partial charge in [-0.1, -0.05) is 26.7 Å². The van der Waals surface area contributed by atoms with Crippen LogP contribution in [0.25, 0.3) is 0 Å². The molecule has 1 saturated heterocycles. The molecule has 0 aromatic rings. The maximum Gasteiger partial charge on any atom is 0.323 e. The lowest BCUT2D eigenvalue weighted by atomic mass is 9.87. The van der Waals surface area contributed by atoms with Crippen LogP contribution in [0, 0.1) is 0 Å². The van der Waals surface area contributed by atoms with Crippen LogP contribution in [-0.2, 0) is 9.53 Å². The quantitative estimate of drug-likeness (QED) is 0.719. The highest BCUT2D eigenvalue weighted by Crippen LogP contribution is 2.23. The lowest BCUT2D eigenvalue weighted by Gasteiger charge is -2.36. The minimum atomic E-state index is -0.731. The minimum Gasteiger partial charge on any atom is -0.480 e. The maximum atomic E-state index is 11.6. The Morgan fingerprint density at radius 2 is 1.82 bits per heavy atom. The smallest absolute Gasteiger partial charge is 0.323 e. The second kappa shape index (κ2) is 6.97. The molecule has 0 saturated carbocycles. The fraction of sp³-hybridized carbons (Fsp3) is 0.923. The van der Waals surface area contributed by atoms with Crippen molar-refractivity contribution in [1.82, 2.24) is 5.32 Å². The van der Waals surface area contributed by atoms with Gasteiger partial charge >= 0.3 is 5.97 Å². The zero-order valence-electron chi connectivity index (χ0n) is 11.0. The average molecular weight is 243 g/mol. The van der Waals surface area contributed by atoms with E-state index in [0.717, 1.165) is 38.9 Å². The summed E-state index contributed by atoms with van der Waals surface area (Å²) in [5, 5.41) is 12.9. The third-order valence-corrected chi connectivity index (χ3v) is 3.46. The van der Waals surface area contributed by atoms with Gasteiger partial charge in [-0.05, 0) is 25.7 Å². The molecule has 1 aliphatic rings. The second-order valence-electron chi connectivity index (χ2n) is 4.92. The maximum absolute atomic E-state index is 11.6. The number of nitrogens with one attached hydrogen (secondary N) is 1. The molecule has 0 spiro atoms. The van der Waals surface area contributed by atoms with Gasteiger partial charge in [0.15, 0.2) is 0 Å². The van der Waals surface area contributed by atoms with Crippen LogP contribution in [0.1, 0.15) is 52.4 Å². The first-order chi connectivity index (χ1) is 8.14. The molecule has 4 heteroatoms. The normalized spacial score (nSPS) is 18.2. The van der Waals surface area contributed by atoms with Gasteiger partial charge in [-0.15, -0.1) is 0 Å². The fourth-order valence-electron chi connectivity index (χ4n) is 2.63. The summed E-state index contributed by atoms with van der Waals surface area (Å²) < 4.78 is 5.31. The lowest BCUT2D eigenvalue weighted by Crippen LogP contribution is -2.57. The summed E-state index contributed by atoms with van der Waals surface area (Å²) in [4.78, 5) is 11.6. The molecule has 0 aliphatic carbocycles. The Morgan fingerprint density at radius 1 is 1.29 bits per heavy atom. The van der Waals surface area contributed by atoms with Gasteiger partial charge in [0, 0.05) is 19.3 Å². The molecule has 17 heavy (non-hydrogen) atoms. The molecule has 0 bridgehead atoms. The van der Waals surface area contributed by atoms with Crippen LogP contribution in [-0.4, -0.2) is 35.9 Å². The van der Waals surface area contributed by atoms with Crippen molar-refractivity contribution in [3.8, 4) is 0 Å². The summed E-state index contributed by atoms with van der Waals surface area (Å²) in [5.41, 5.74) is -0.731. The molecule has 0 atom stereocenters. The predicted octanol–water partition coefficient (Wildman–Crippen LogP) is 2.18. The molecule has 100 valence electrons. The van der Waals surface area contributed by atoms with Gasteiger partial charge in [-0.2, -0.15) is 0 Å². The summed E-state index contributed by atoms with van der Waals surface area (Å²) in [6.07, 6.45) is 5.02. The molecule has 0 amide bonds. The number of aliphatic carboxylic acids is 1. The topological polar surface area (TPSA) is 58.6 Å². The van der Waals surface area contributed by atoms with Gasteiger partial charge in [0.1, 0.15) is 5.54 Å². The largest absolute Gasteiger partial charge is 0.480 e. The van der Waals surface area contributed by atoms with Gasteiger partial charge in [-0.25, -0.2) is 0 Å². The molecule has 0 radical (unpaired) electrons. The summed E-state index contributed by atoms with van der Waals surface area (Å²) in [7, 11) is 0. The molecule has 2 N–H and O–H groups in total. The van der Waals surface area contributed by atoms with Gasteiger partial charge in [0.2, 0.25) is 0 Å². The van der Waals surface area contributed by atoms with Crippen LogP contribution in [0.2, 0.25) is 0 Å². The first-order valence-corrected chi connectivity index (χ1v) is 6.73. The van der Waals surface area contributed by atoms with Crippen molar-refractivity contribution in [2.75, 3.05) is 13.2 Å². The van der Waals surface area contributed by atoms with Crippen molar-refractivity contribution < 1.29 is 14.6 Å². The average Bonchev–Trinajstić information content (AvgIpc) is 2.30. The van der Waals surface area contributed by atoms with E-state index in [1.54, 1.807) is 0 Å². The summed E-state index contributed by atoms with van der Waals surface area (Å²) in [5.74, 6) is -0.701. The molecule has 4 nitrogen and oxygen atoms in total. The molecule has 0 aromatic carbocycles. The Hall–Kier alpha value is -0.610. The van der Waals surface area contributed by atoms with Crippen molar-refractivity contribution in [3.63, 3.8) is 0 Å². The van der Waals surface area contributed by atoms with E-state index in [2.05, 4.69) is 5.32 Å². The third-order valence-electron chi connectivity index (χ3n) is 3.46. The zero-order chi connectivity index (χ0) is 12.7. The molecule has 1 rings (SSSR count). The second-order valence-corrected chi connectivity index (χ2v) is 4.92. The lowest BCUT2D eigenvalue weighted by molar-refractivity contribution is -0.146.